The molecule has 3 rings (SSSR count). The van der Waals surface area contributed by atoms with Gasteiger partial charge in [0.15, 0.2) is 11.4 Å². The number of H-pyrrole nitrogens is 1. The summed E-state index contributed by atoms with van der Waals surface area (Å²) in [5.74, 6) is -2.37. The minimum Gasteiger partial charge on any atom is -0.327 e. The van der Waals surface area contributed by atoms with Crippen molar-refractivity contribution >= 4 is 11.6 Å². The lowest BCUT2D eigenvalue weighted by molar-refractivity contribution is -0.143. The number of aromatic nitrogens is 4. The monoisotopic (exact) mass is 435 g/mol. The lowest BCUT2D eigenvalue weighted by atomic mass is 10.2. The number of hydrogen-bond acceptors (Lipinski definition) is 4. The molecule has 0 unspecified atom stereocenters. The third kappa shape index (κ3) is 4.16. The molecular formula is C16H8F7N5O2. The van der Waals surface area contributed by atoms with Gasteiger partial charge in [0.1, 0.15) is 11.5 Å². The van der Waals surface area contributed by atoms with Gasteiger partial charge in [-0.05, 0) is 30.3 Å². The second-order valence-electron chi connectivity index (χ2n) is 5.76. The summed E-state index contributed by atoms with van der Waals surface area (Å²) in [7, 11) is 0. The number of hydrogen-bond donors (Lipinski definition) is 2. The molecule has 14 heteroatoms. The van der Waals surface area contributed by atoms with Crippen LogP contribution < -0.4 is 10.9 Å². The van der Waals surface area contributed by atoms with Crippen LogP contribution in [0.3, 0.4) is 0 Å². The van der Waals surface area contributed by atoms with Gasteiger partial charge < -0.3 is 10.3 Å². The largest absolute Gasteiger partial charge is 0.435 e. The summed E-state index contributed by atoms with van der Waals surface area (Å²) in [6.45, 7) is 0. The Morgan fingerprint density at radius 3 is 2.23 bits per heavy atom. The van der Waals surface area contributed by atoms with Crippen molar-refractivity contribution in [3.05, 3.63) is 69.7 Å². The Kier molecular flexibility index (Phi) is 5.09. The molecule has 0 aliphatic carbocycles. The zero-order chi connectivity index (χ0) is 22.3. The first kappa shape index (κ1) is 21.0. The normalized spacial score (nSPS) is 12.1. The SMILES string of the molecule is O=C(Nc1cc(C(F)(F)F)c[nH]c1=O)c1nnn(-c2ccc(F)cc2)c1C(F)(F)F. The average molecular weight is 435 g/mol. The molecule has 7 nitrogen and oxygen atoms in total. The highest BCUT2D eigenvalue weighted by atomic mass is 19.4. The first-order valence-electron chi connectivity index (χ1n) is 7.78. The topological polar surface area (TPSA) is 92.7 Å². The number of aromatic amines is 1. The van der Waals surface area contributed by atoms with Crippen molar-refractivity contribution in [3.63, 3.8) is 0 Å². The van der Waals surface area contributed by atoms with Crippen molar-refractivity contribution in [1.29, 1.82) is 0 Å². The van der Waals surface area contributed by atoms with Gasteiger partial charge >= 0.3 is 12.4 Å². The molecule has 0 saturated carbocycles. The van der Waals surface area contributed by atoms with E-state index < -0.39 is 52.3 Å². The second-order valence-corrected chi connectivity index (χ2v) is 5.76. The van der Waals surface area contributed by atoms with E-state index in [1.165, 1.54) is 0 Å². The van der Waals surface area contributed by atoms with Gasteiger partial charge in [-0.1, -0.05) is 5.21 Å². The highest BCUT2D eigenvalue weighted by molar-refractivity contribution is 6.03. The predicted molar refractivity (Wildman–Crippen MR) is 86.3 cm³/mol. The van der Waals surface area contributed by atoms with Crippen LogP contribution in [-0.2, 0) is 12.4 Å². The van der Waals surface area contributed by atoms with Gasteiger partial charge in [0.2, 0.25) is 0 Å². The number of pyridine rings is 1. The Morgan fingerprint density at radius 1 is 1.03 bits per heavy atom. The zero-order valence-electron chi connectivity index (χ0n) is 14.3. The number of halogens is 7. The van der Waals surface area contributed by atoms with Crippen molar-refractivity contribution in [3.8, 4) is 5.69 Å². The van der Waals surface area contributed by atoms with E-state index in [0.717, 1.165) is 24.3 Å². The van der Waals surface area contributed by atoms with Crippen LogP contribution in [0.4, 0.5) is 36.4 Å². The first-order chi connectivity index (χ1) is 13.9. The summed E-state index contributed by atoms with van der Waals surface area (Å²) in [5, 5.41) is 8.02. The molecule has 2 N–H and O–H groups in total. The molecule has 0 radical (unpaired) electrons. The van der Waals surface area contributed by atoms with E-state index in [1.54, 1.807) is 10.3 Å². The fourth-order valence-corrected chi connectivity index (χ4v) is 2.37. The standard InChI is InChI=1S/C16H8F7N5O2/c17-8-1-3-9(4-2-8)28-12(16(21,22)23)11(26-27-28)14(30)25-10-5-7(15(18,19)20)6-24-13(10)29/h1-6H,(H,24,29)(H,25,30). The van der Waals surface area contributed by atoms with Crippen LogP contribution in [0, 0.1) is 5.82 Å². The number of nitrogens with one attached hydrogen (secondary N) is 2. The third-order valence-corrected chi connectivity index (χ3v) is 3.70. The van der Waals surface area contributed by atoms with Crippen molar-refractivity contribution in [2.24, 2.45) is 0 Å². The van der Waals surface area contributed by atoms with Gasteiger partial charge in [0, 0.05) is 6.20 Å². The van der Waals surface area contributed by atoms with Gasteiger partial charge in [-0.15, -0.1) is 5.10 Å². The molecule has 0 atom stereocenters. The first-order valence-corrected chi connectivity index (χ1v) is 7.78. The maximum atomic E-state index is 13.5. The van der Waals surface area contributed by atoms with E-state index in [9.17, 15) is 40.3 Å². The van der Waals surface area contributed by atoms with E-state index in [1.807, 2.05) is 0 Å². The fourth-order valence-electron chi connectivity index (χ4n) is 2.37. The average Bonchev–Trinajstić information content (AvgIpc) is 3.09. The van der Waals surface area contributed by atoms with E-state index in [4.69, 9.17) is 0 Å². The molecule has 2 aromatic heterocycles. The second kappa shape index (κ2) is 7.27. The van der Waals surface area contributed by atoms with Crippen molar-refractivity contribution in [2.45, 2.75) is 12.4 Å². The maximum absolute atomic E-state index is 13.5. The van der Waals surface area contributed by atoms with Crippen LogP contribution in [0.15, 0.2) is 41.3 Å². The lowest BCUT2D eigenvalue weighted by Gasteiger charge is -2.12. The summed E-state index contributed by atoms with van der Waals surface area (Å²) >= 11 is 0. The molecule has 0 fully saturated rings. The summed E-state index contributed by atoms with van der Waals surface area (Å²) in [5.41, 5.74) is -6.73. The van der Waals surface area contributed by atoms with Crippen LogP contribution in [-0.4, -0.2) is 25.9 Å². The number of carbonyl (C=O) groups excluding carboxylic acids is 1. The van der Waals surface area contributed by atoms with Gasteiger partial charge in [0.05, 0.1) is 11.3 Å². The smallest absolute Gasteiger partial charge is 0.327 e. The van der Waals surface area contributed by atoms with Gasteiger partial charge in [-0.25, -0.2) is 9.07 Å². The molecule has 0 bridgehead atoms. The number of carbonyl (C=O) groups is 1. The molecule has 2 heterocycles. The molecule has 1 aromatic carbocycles. The Bertz CT molecular complexity index is 1150. The van der Waals surface area contributed by atoms with Crippen LogP contribution >= 0.6 is 0 Å². The highest BCUT2D eigenvalue weighted by Crippen LogP contribution is 2.33. The Hall–Kier alpha value is -3.71. The summed E-state index contributed by atoms with van der Waals surface area (Å²) in [6, 6.07) is 3.84. The Balaban J connectivity index is 2.03. The molecule has 0 aliphatic rings. The quantitative estimate of drug-likeness (QED) is 0.617. The molecular weight excluding hydrogens is 427 g/mol. The molecule has 158 valence electrons. The number of anilines is 1. The van der Waals surface area contributed by atoms with Crippen molar-refractivity contribution in [2.75, 3.05) is 5.32 Å². The predicted octanol–water partition coefficient (Wildman–Crippen LogP) is 3.38. The molecule has 0 spiro atoms. The van der Waals surface area contributed by atoms with Gasteiger partial charge in [0.25, 0.3) is 11.5 Å². The van der Waals surface area contributed by atoms with Crippen LogP contribution in [0.5, 0.6) is 0 Å². The highest BCUT2D eigenvalue weighted by Gasteiger charge is 2.42. The van der Waals surface area contributed by atoms with Crippen LogP contribution in [0.1, 0.15) is 21.7 Å². The summed E-state index contributed by atoms with van der Waals surface area (Å²) in [6.07, 6.45) is -9.72. The summed E-state index contributed by atoms with van der Waals surface area (Å²) < 4.78 is 92.1. The van der Waals surface area contributed by atoms with E-state index >= 15 is 0 Å². The molecule has 3 aromatic rings. The number of benzene rings is 1. The van der Waals surface area contributed by atoms with Crippen LogP contribution in [0.25, 0.3) is 5.69 Å². The van der Waals surface area contributed by atoms with Crippen LogP contribution in [0.2, 0.25) is 0 Å². The van der Waals surface area contributed by atoms with E-state index in [0.29, 0.717) is 6.20 Å². The summed E-state index contributed by atoms with van der Waals surface area (Å²) in [4.78, 5) is 25.7. The number of rotatable bonds is 3. The zero-order valence-corrected chi connectivity index (χ0v) is 14.3. The molecule has 0 aliphatic heterocycles. The lowest BCUT2D eigenvalue weighted by Crippen LogP contribution is -2.24. The Morgan fingerprint density at radius 2 is 1.67 bits per heavy atom. The molecule has 0 saturated heterocycles. The molecule has 30 heavy (non-hydrogen) atoms. The maximum Gasteiger partial charge on any atom is 0.435 e. The minimum atomic E-state index is -5.18. The molecule has 1 amide bonds. The minimum absolute atomic E-state index is 0.213. The van der Waals surface area contributed by atoms with Crippen molar-refractivity contribution < 1.29 is 35.5 Å². The van der Waals surface area contributed by atoms with E-state index in [2.05, 4.69) is 10.3 Å². The third-order valence-electron chi connectivity index (χ3n) is 3.70. The van der Waals surface area contributed by atoms with Gasteiger partial charge in [-0.2, -0.15) is 26.3 Å². The number of alkyl halides is 6. The van der Waals surface area contributed by atoms with Crippen molar-refractivity contribution in [1.82, 2.24) is 20.0 Å². The van der Waals surface area contributed by atoms with E-state index in [-0.39, 0.29) is 16.4 Å². The van der Waals surface area contributed by atoms with Gasteiger partial charge in [-0.3, -0.25) is 9.59 Å². The fraction of sp³-hybridized carbons (Fsp3) is 0.125. The number of amides is 1. The Labute approximate surface area is 161 Å². The number of nitrogens with zero attached hydrogens (tertiary/aromatic N) is 3.